The van der Waals surface area contributed by atoms with Crippen LogP contribution in [0.5, 0.6) is 0 Å². The molecule has 4 aromatic rings. The fourth-order valence-corrected chi connectivity index (χ4v) is 4.54. The molecule has 1 aliphatic carbocycles. The summed E-state index contributed by atoms with van der Waals surface area (Å²) in [5.74, 6) is -0.317. The molecule has 2 amide bonds. The van der Waals surface area contributed by atoms with E-state index in [-0.39, 0.29) is 34.5 Å². The average Bonchev–Trinajstić information content (AvgIpc) is 3.51. The molecule has 0 radical (unpaired) electrons. The number of amides is 2. The van der Waals surface area contributed by atoms with Gasteiger partial charge in [-0.2, -0.15) is 9.98 Å². The molecule has 10 nitrogen and oxygen atoms in total. The number of anilines is 2. The number of nitrogens with two attached hydrogens (primary N) is 4. The molecule has 0 unspecified atom stereocenters. The molecule has 3 aliphatic rings. The second-order valence-corrected chi connectivity index (χ2v) is 8.89. The Hall–Kier alpha value is -5.90. The topological polar surface area (TPSA) is 197 Å². The second-order valence-electron chi connectivity index (χ2n) is 8.89. The number of nitrogens with zero attached hydrogens (tertiary/aromatic N) is 2. The molecule has 0 atom stereocenters. The predicted octanol–water partition coefficient (Wildman–Crippen LogP) is 4.77. The van der Waals surface area contributed by atoms with Crippen molar-refractivity contribution in [2.24, 2.45) is 21.5 Å². The highest BCUT2D eigenvalue weighted by molar-refractivity contribution is 6.31. The quantitative estimate of drug-likeness (QED) is 0.185. The maximum atomic E-state index is 12.3. The van der Waals surface area contributed by atoms with Gasteiger partial charge in [0.2, 0.25) is 0 Å². The Morgan fingerprint density at radius 3 is 1.02 bits per heavy atom. The molecule has 2 aliphatic heterocycles. The van der Waals surface area contributed by atoms with E-state index in [1.54, 1.807) is 72.8 Å². The maximum absolute atomic E-state index is 12.3. The van der Waals surface area contributed by atoms with E-state index in [0.29, 0.717) is 45.3 Å². The van der Waals surface area contributed by atoms with Gasteiger partial charge in [-0.1, -0.05) is 88.4 Å². The summed E-state index contributed by atoms with van der Waals surface area (Å²) in [5, 5.41) is 0. The van der Waals surface area contributed by atoms with Crippen LogP contribution in [0.1, 0.15) is 91.4 Å². The Balaban J connectivity index is 0.000000178. The van der Waals surface area contributed by atoms with Crippen molar-refractivity contribution in [2.75, 3.05) is 11.5 Å². The van der Waals surface area contributed by atoms with Crippen molar-refractivity contribution in [3.8, 4) is 0 Å². The Morgan fingerprint density at radius 2 is 0.705 bits per heavy atom. The van der Waals surface area contributed by atoms with E-state index in [4.69, 9.17) is 22.9 Å². The number of fused-ring (bicyclic) bond motifs is 4. The van der Waals surface area contributed by atoms with Gasteiger partial charge in [0.05, 0.1) is 22.3 Å². The van der Waals surface area contributed by atoms with E-state index in [1.807, 2.05) is 39.8 Å². The van der Waals surface area contributed by atoms with E-state index in [9.17, 15) is 19.2 Å². The number of amidine groups is 2. The lowest BCUT2D eigenvalue weighted by Gasteiger charge is -2.19. The number of ketones is 2. The number of carbonyl (C=O) groups excluding carboxylic acids is 4. The first-order valence-electron chi connectivity index (χ1n) is 14.0. The standard InChI is InChI=1S/C14H10N2O2.2C8H6N2O.2C2H6/c15-9-5-1-3-7-11(9)14(18)8-4-2-6-10(16)12(8)13(7)17;2*9-7-5-3-1-2-4-6(5)8(11)10-7;2*1-2/h1-6H,15-16H2;2*1-4H,(H2,9,10,11);2*1-2H3. The van der Waals surface area contributed by atoms with Crippen molar-refractivity contribution < 1.29 is 19.2 Å². The Bertz CT molecular complexity index is 1690. The highest BCUT2D eigenvalue weighted by Crippen LogP contribution is 2.33. The van der Waals surface area contributed by atoms with Crippen LogP contribution in [0.2, 0.25) is 0 Å². The van der Waals surface area contributed by atoms with Crippen molar-refractivity contribution in [3.63, 3.8) is 0 Å². The van der Waals surface area contributed by atoms with E-state index < -0.39 is 0 Å². The summed E-state index contributed by atoms with van der Waals surface area (Å²) < 4.78 is 0. The Morgan fingerprint density at radius 1 is 0.409 bits per heavy atom. The summed E-state index contributed by atoms with van der Waals surface area (Å²) in [6, 6.07) is 24.0. The van der Waals surface area contributed by atoms with Crippen LogP contribution < -0.4 is 22.9 Å². The summed E-state index contributed by atoms with van der Waals surface area (Å²) in [5.41, 5.74) is 27.0. The molecule has 0 aromatic heterocycles. The van der Waals surface area contributed by atoms with Crippen LogP contribution in [0.15, 0.2) is 94.9 Å². The van der Waals surface area contributed by atoms with Gasteiger partial charge >= 0.3 is 0 Å². The van der Waals surface area contributed by atoms with Crippen molar-refractivity contribution in [1.82, 2.24) is 0 Å². The van der Waals surface area contributed by atoms with Gasteiger partial charge < -0.3 is 22.9 Å². The van der Waals surface area contributed by atoms with Gasteiger partial charge in [0.25, 0.3) is 11.8 Å². The first-order chi connectivity index (χ1) is 21.2. The lowest BCUT2D eigenvalue weighted by Crippen LogP contribution is -2.23. The van der Waals surface area contributed by atoms with Gasteiger partial charge in [-0.05, 0) is 24.3 Å². The zero-order valence-corrected chi connectivity index (χ0v) is 24.9. The maximum Gasteiger partial charge on any atom is 0.279 e. The third-order valence-electron chi connectivity index (χ3n) is 6.45. The minimum atomic E-state index is -0.245. The fraction of sp³-hybridized carbons (Fsp3) is 0.118. The van der Waals surface area contributed by atoms with Gasteiger partial charge in [-0.3, -0.25) is 19.2 Å². The van der Waals surface area contributed by atoms with Crippen LogP contribution in [0.4, 0.5) is 11.4 Å². The summed E-state index contributed by atoms with van der Waals surface area (Å²) in [7, 11) is 0. The molecule has 2 heterocycles. The van der Waals surface area contributed by atoms with Gasteiger partial charge in [-0.25, -0.2) is 0 Å². The average molecular weight is 591 g/mol. The number of carbonyl (C=O) groups is 4. The van der Waals surface area contributed by atoms with E-state index in [1.165, 1.54) is 0 Å². The number of benzene rings is 4. The first kappa shape index (κ1) is 32.6. The zero-order chi connectivity index (χ0) is 32.6. The number of aliphatic imine (C=N–C) groups is 2. The van der Waals surface area contributed by atoms with Gasteiger partial charge in [0, 0.05) is 33.6 Å². The molecule has 0 spiro atoms. The van der Waals surface area contributed by atoms with Crippen molar-refractivity contribution in [3.05, 3.63) is 129 Å². The molecule has 0 saturated carbocycles. The first-order valence-corrected chi connectivity index (χ1v) is 14.0. The monoisotopic (exact) mass is 590 g/mol. The zero-order valence-electron chi connectivity index (χ0n) is 24.9. The molecule has 8 N–H and O–H groups in total. The summed E-state index contributed by atoms with van der Waals surface area (Å²) in [6.07, 6.45) is 0. The molecule has 0 saturated heterocycles. The molecule has 7 rings (SSSR count). The summed E-state index contributed by atoms with van der Waals surface area (Å²) in [4.78, 5) is 53.9. The lowest BCUT2D eigenvalue weighted by atomic mass is 9.82. The van der Waals surface area contributed by atoms with Crippen LogP contribution in [0.25, 0.3) is 0 Å². The van der Waals surface area contributed by atoms with Crippen LogP contribution in [0, 0.1) is 0 Å². The molecular formula is C34H34N6O4. The molecule has 4 aromatic carbocycles. The van der Waals surface area contributed by atoms with Crippen molar-refractivity contribution in [1.29, 1.82) is 0 Å². The number of nitrogen functional groups attached to an aromatic ring is 2. The SMILES string of the molecule is CC.CC.NC1=NC(=O)c2ccccc21.NC1=NC(=O)c2ccccc21.Nc1cccc2c1C(=O)c1cccc(N)c1C2=O. The highest BCUT2D eigenvalue weighted by Gasteiger charge is 2.32. The van der Waals surface area contributed by atoms with Crippen LogP contribution >= 0.6 is 0 Å². The molecule has 0 fully saturated rings. The third kappa shape index (κ3) is 6.29. The molecule has 0 bridgehead atoms. The number of hydrogen-bond donors (Lipinski definition) is 4. The van der Waals surface area contributed by atoms with Gasteiger partial charge in [0.1, 0.15) is 11.7 Å². The molecule has 44 heavy (non-hydrogen) atoms. The summed E-state index contributed by atoms with van der Waals surface area (Å²) in [6.45, 7) is 8.00. The third-order valence-corrected chi connectivity index (χ3v) is 6.45. The van der Waals surface area contributed by atoms with Crippen LogP contribution in [0.3, 0.4) is 0 Å². The van der Waals surface area contributed by atoms with Crippen molar-refractivity contribution >= 4 is 46.4 Å². The van der Waals surface area contributed by atoms with Crippen LogP contribution in [-0.2, 0) is 0 Å². The second kappa shape index (κ2) is 14.3. The van der Waals surface area contributed by atoms with Crippen molar-refractivity contribution in [2.45, 2.75) is 27.7 Å². The fourth-order valence-electron chi connectivity index (χ4n) is 4.54. The number of hydrogen-bond acceptors (Lipinski definition) is 8. The predicted molar refractivity (Wildman–Crippen MR) is 174 cm³/mol. The lowest BCUT2D eigenvalue weighted by molar-refractivity contribution is 0.0980. The smallest absolute Gasteiger partial charge is 0.279 e. The highest BCUT2D eigenvalue weighted by atomic mass is 16.2. The normalized spacial score (nSPS) is 12.9. The largest absolute Gasteiger partial charge is 0.398 e. The molecule has 224 valence electrons. The Kier molecular flexibility index (Phi) is 10.6. The summed E-state index contributed by atoms with van der Waals surface area (Å²) >= 11 is 0. The van der Waals surface area contributed by atoms with Gasteiger partial charge in [0.15, 0.2) is 11.6 Å². The van der Waals surface area contributed by atoms with E-state index >= 15 is 0 Å². The van der Waals surface area contributed by atoms with E-state index in [0.717, 1.165) is 11.1 Å². The molecular weight excluding hydrogens is 556 g/mol. The Labute approximate surface area is 255 Å². The minimum Gasteiger partial charge on any atom is -0.398 e. The minimum absolute atomic E-state index is 0.238. The van der Waals surface area contributed by atoms with Gasteiger partial charge in [-0.15, -0.1) is 0 Å². The van der Waals surface area contributed by atoms with E-state index in [2.05, 4.69) is 9.98 Å². The number of rotatable bonds is 0. The van der Waals surface area contributed by atoms with Crippen LogP contribution in [-0.4, -0.2) is 35.1 Å². The molecule has 10 heteroatoms.